The zero-order chi connectivity index (χ0) is 14.9. The third-order valence-corrected chi connectivity index (χ3v) is 3.63. The number of nitrogens with zero attached hydrogens (tertiary/aromatic N) is 2. The van der Waals surface area contributed by atoms with Gasteiger partial charge in [0.15, 0.2) is 0 Å². The third kappa shape index (κ3) is 3.41. The molecule has 0 unspecified atom stereocenters. The lowest BCUT2D eigenvalue weighted by Crippen LogP contribution is -2.00. The van der Waals surface area contributed by atoms with Gasteiger partial charge in [-0.1, -0.05) is 37.0 Å². The first-order chi connectivity index (χ1) is 9.36. The fourth-order valence-electron chi connectivity index (χ4n) is 1.81. The number of benzene rings is 1. The molecule has 0 aliphatic heterocycles. The maximum atomic E-state index is 6.14. The average molecular weight is 311 g/mol. The second-order valence-electron chi connectivity index (χ2n) is 5.01. The van der Waals surface area contributed by atoms with Crippen molar-refractivity contribution >= 4 is 23.2 Å². The lowest BCUT2D eigenvalue weighted by Gasteiger charge is -2.11. The Kier molecular flexibility index (Phi) is 4.51. The van der Waals surface area contributed by atoms with Crippen LogP contribution in [0.25, 0.3) is 0 Å². The molecular weight excluding hydrogens is 295 g/mol. The normalized spacial score (nSPS) is 10.9. The summed E-state index contributed by atoms with van der Waals surface area (Å²) in [5, 5.41) is 1.13. The van der Waals surface area contributed by atoms with Gasteiger partial charge < -0.3 is 4.74 Å². The van der Waals surface area contributed by atoms with Gasteiger partial charge in [0.2, 0.25) is 5.88 Å². The minimum atomic E-state index is 0.185. The van der Waals surface area contributed by atoms with E-state index in [0.29, 0.717) is 22.6 Å². The van der Waals surface area contributed by atoms with Crippen molar-refractivity contribution in [2.24, 2.45) is 0 Å². The Hall–Kier alpha value is -1.32. The smallest absolute Gasteiger partial charge is 0.224 e. The van der Waals surface area contributed by atoms with E-state index in [2.05, 4.69) is 9.97 Å². The van der Waals surface area contributed by atoms with Gasteiger partial charge in [0.25, 0.3) is 0 Å². The number of hydrogen-bond donors (Lipinski definition) is 0. The second kappa shape index (κ2) is 5.98. The topological polar surface area (TPSA) is 35.0 Å². The van der Waals surface area contributed by atoms with Gasteiger partial charge in [-0.05, 0) is 37.1 Å². The highest BCUT2D eigenvalue weighted by Gasteiger charge is 2.10. The molecule has 0 fully saturated rings. The first kappa shape index (κ1) is 15.1. The monoisotopic (exact) mass is 310 g/mol. The van der Waals surface area contributed by atoms with Gasteiger partial charge in [-0.15, -0.1) is 0 Å². The van der Waals surface area contributed by atoms with Gasteiger partial charge in [0.1, 0.15) is 16.7 Å². The number of ether oxygens (including phenoxy) is 1. The third-order valence-electron chi connectivity index (χ3n) is 2.84. The van der Waals surface area contributed by atoms with Crippen molar-refractivity contribution in [1.29, 1.82) is 0 Å². The summed E-state index contributed by atoms with van der Waals surface area (Å²) in [6.45, 7) is 7.89. The van der Waals surface area contributed by atoms with Crippen molar-refractivity contribution < 1.29 is 4.74 Å². The van der Waals surface area contributed by atoms with E-state index in [-0.39, 0.29) is 5.92 Å². The van der Waals surface area contributed by atoms with E-state index in [1.54, 1.807) is 6.07 Å². The highest BCUT2D eigenvalue weighted by Crippen LogP contribution is 2.29. The van der Waals surface area contributed by atoms with Crippen molar-refractivity contribution in [2.45, 2.75) is 33.6 Å². The van der Waals surface area contributed by atoms with Gasteiger partial charge in [-0.2, -0.15) is 4.98 Å². The molecule has 0 aliphatic carbocycles. The van der Waals surface area contributed by atoms with Crippen LogP contribution in [0.3, 0.4) is 0 Å². The quantitative estimate of drug-likeness (QED) is 0.720. The van der Waals surface area contributed by atoms with Crippen molar-refractivity contribution in [3.63, 3.8) is 0 Å². The molecule has 1 aromatic heterocycles. The summed E-state index contributed by atoms with van der Waals surface area (Å²) in [7, 11) is 0. The maximum Gasteiger partial charge on any atom is 0.224 e. The number of rotatable bonds is 3. The van der Waals surface area contributed by atoms with Crippen LogP contribution in [0.2, 0.25) is 10.2 Å². The molecule has 0 bridgehead atoms. The van der Waals surface area contributed by atoms with Crippen LogP contribution in [0.15, 0.2) is 18.2 Å². The largest absolute Gasteiger partial charge is 0.439 e. The molecular formula is C15H16Cl2N2O. The van der Waals surface area contributed by atoms with Crippen LogP contribution in [0.5, 0.6) is 11.6 Å². The lowest BCUT2D eigenvalue weighted by atomic mass is 10.1. The van der Waals surface area contributed by atoms with Crippen LogP contribution in [0.1, 0.15) is 36.7 Å². The van der Waals surface area contributed by atoms with Crippen molar-refractivity contribution in [1.82, 2.24) is 9.97 Å². The maximum absolute atomic E-state index is 6.14. The molecule has 3 nitrogen and oxygen atoms in total. The minimum Gasteiger partial charge on any atom is -0.439 e. The summed E-state index contributed by atoms with van der Waals surface area (Å²) >= 11 is 12.1. The molecule has 106 valence electrons. The predicted molar refractivity (Wildman–Crippen MR) is 82.1 cm³/mol. The summed E-state index contributed by atoms with van der Waals surface area (Å²) in [6.07, 6.45) is 0. The van der Waals surface area contributed by atoms with E-state index in [1.807, 2.05) is 39.8 Å². The van der Waals surface area contributed by atoms with Crippen molar-refractivity contribution in [3.8, 4) is 11.6 Å². The Bertz CT molecular complexity index is 619. The molecule has 0 amide bonds. The first-order valence-corrected chi connectivity index (χ1v) is 7.11. The van der Waals surface area contributed by atoms with Crippen LogP contribution in [0.4, 0.5) is 0 Å². The number of hydrogen-bond acceptors (Lipinski definition) is 3. The van der Waals surface area contributed by atoms with Crippen LogP contribution in [-0.4, -0.2) is 9.97 Å². The van der Waals surface area contributed by atoms with Gasteiger partial charge in [-0.3, -0.25) is 0 Å². The summed E-state index contributed by atoms with van der Waals surface area (Å²) < 4.78 is 5.77. The fourth-order valence-corrected chi connectivity index (χ4v) is 2.10. The van der Waals surface area contributed by atoms with E-state index >= 15 is 0 Å². The molecule has 0 radical (unpaired) electrons. The molecule has 0 N–H and O–H groups in total. The zero-order valence-electron chi connectivity index (χ0n) is 11.9. The van der Waals surface area contributed by atoms with E-state index in [0.717, 1.165) is 16.1 Å². The van der Waals surface area contributed by atoms with Gasteiger partial charge in [0, 0.05) is 17.0 Å². The highest BCUT2D eigenvalue weighted by molar-refractivity contribution is 6.32. The predicted octanol–water partition coefficient (Wildman–Crippen LogP) is 5.32. The minimum absolute atomic E-state index is 0.185. The van der Waals surface area contributed by atoms with E-state index < -0.39 is 0 Å². The number of aryl methyl sites for hydroxylation is 2. The first-order valence-electron chi connectivity index (χ1n) is 6.36. The summed E-state index contributed by atoms with van der Waals surface area (Å²) in [5.41, 5.74) is 1.93. The van der Waals surface area contributed by atoms with Crippen LogP contribution >= 0.6 is 23.2 Å². The van der Waals surface area contributed by atoms with Crippen molar-refractivity contribution in [2.75, 3.05) is 0 Å². The Morgan fingerprint density at radius 2 is 1.60 bits per heavy atom. The molecule has 0 aliphatic rings. The molecule has 20 heavy (non-hydrogen) atoms. The number of aromatic nitrogens is 2. The van der Waals surface area contributed by atoms with E-state index in [9.17, 15) is 0 Å². The molecule has 0 spiro atoms. The Morgan fingerprint density at radius 1 is 1.00 bits per heavy atom. The van der Waals surface area contributed by atoms with Crippen LogP contribution in [0, 0.1) is 13.8 Å². The molecule has 2 aromatic rings. The van der Waals surface area contributed by atoms with Crippen LogP contribution in [-0.2, 0) is 0 Å². The number of halogens is 2. The molecule has 5 heteroatoms. The van der Waals surface area contributed by atoms with Crippen molar-refractivity contribution in [3.05, 3.63) is 45.3 Å². The molecule has 0 saturated carbocycles. The lowest BCUT2D eigenvalue weighted by molar-refractivity contribution is 0.456. The zero-order valence-corrected chi connectivity index (χ0v) is 13.4. The fraction of sp³-hybridized carbons (Fsp3) is 0.333. The molecule has 1 aromatic carbocycles. The Labute approximate surface area is 128 Å². The second-order valence-corrected chi connectivity index (χ2v) is 5.78. The van der Waals surface area contributed by atoms with E-state index in [4.69, 9.17) is 27.9 Å². The molecule has 0 atom stereocenters. The van der Waals surface area contributed by atoms with Crippen LogP contribution < -0.4 is 4.74 Å². The van der Waals surface area contributed by atoms with Gasteiger partial charge >= 0.3 is 0 Å². The molecule has 2 rings (SSSR count). The average Bonchev–Trinajstić information content (AvgIpc) is 2.35. The summed E-state index contributed by atoms with van der Waals surface area (Å²) in [5.74, 6) is 1.98. The molecule has 0 saturated heterocycles. The Morgan fingerprint density at radius 3 is 2.15 bits per heavy atom. The SMILES string of the molecule is Cc1cc(Oc2cc(Cl)nc(C(C)C)n2)cc(C)c1Cl. The summed E-state index contributed by atoms with van der Waals surface area (Å²) in [6, 6.07) is 5.35. The summed E-state index contributed by atoms with van der Waals surface area (Å²) in [4.78, 5) is 8.54. The highest BCUT2D eigenvalue weighted by atomic mass is 35.5. The standard InChI is InChI=1S/C15H16Cl2N2O/c1-8(2)15-18-12(16)7-13(19-15)20-11-5-9(3)14(17)10(4)6-11/h5-8H,1-4H3. The van der Waals surface area contributed by atoms with E-state index in [1.165, 1.54) is 0 Å². The Balaban J connectivity index is 2.35. The molecule has 1 heterocycles. The van der Waals surface area contributed by atoms with Gasteiger partial charge in [-0.25, -0.2) is 4.98 Å². The van der Waals surface area contributed by atoms with Gasteiger partial charge in [0.05, 0.1) is 0 Å².